The van der Waals surface area contributed by atoms with E-state index >= 15 is 0 Å². The van der Waals surface area contributed by atoms with Crippen molar-refractivity contribution in [3.63, 3.8) is 0 Å². The molecule has 0 radical (unpaired) electrons. The second kappa shape index (κ2) is 4.03. The molecular formula is C12H14N2S. The van der Waals surface area contributed by atoms with Crippen molar-refractivity contribution in [3.8, 4) is 0 Å². The van der Waals surface area contributed by atoms with E-state index in [-0.39, 0.29) is 0 Å². The second-order valence-corrected chi connectivity index (χ2v) is 4.85. The quantitative estimate of drug-likeness (QED) is 0.841. The Labute approximate surface area is 93.8 Å². The highest BCUT2D eigenvalue weighted by Crippen LogP contribution is 2.21. The lowest BCUT2D eigenvalue weighted by Gasteiger charge is -2.06. The maximum absolute atomic E-state index is 5.61. The largest absolute Gasteiger partial charge is 0.375 e. The second-order valence-electron chi connectivity index (χ2n) is 3.70. The summed E-state index contributed by atoms with van der Waals surface area (Å²) in [5.41, 5.74) is 9.67. The van der Waals surface area contributed by atoms with E-state index in [1.807, 2.05) is 6.20 Å². The van der Waals surface area contributed by atoms with E-state index in [1.54, 1.807) is 11.3 Å². The van der Waals surface area contributed by atoms with Crippen LogP contribution < -0.4 is 5.73 Å². The highest BCUT2D eigenvalue weighted by Gasteiger charge is 2.04. The van der Waals surface area contributed by atoms with Crippen LogP contribution in [0.1, 0.15) is 21.6 Å². The summed E-state index contributed by atoms with van der Waals surface area (Å²) >= 11 is 1.56. The molecule has 0 saturated heterocycles. The summed E-state index contributed by atoms with van der Waals surface area (Å²) in [6.45, 7) is 4.30. The predicted octanol–water partition coefficient (Wildman–Crippen LogP) is 2.93. The first-order valence-electron chi connectivity index (χ1n) is 4.92. The van der Waals surface area contributed by atoms with Gasteiger partial charge in [0.2, 0.25) is 0 Å². The number of hydrogen-bond acceptors (Lipinski definition) is 3. The summed E-state index contributed by atoms with van der Waals surface area (Å²) in [7, 11) is 0. The summed E-state index contributed by atoms with van der Waals surface area (Å²) in [5.74, 6) is 0. The molecule has 78 valence electrons. The van der Waals surface area contributed by atoms with Crippen LogP contribution >= 0.6 is 11.3 Å². The van der Waals surface area contributed by atoms with Crippen LogP contribution in [0.2, 0.25) is 0 Å². The third kappa shape index (κ3) is 2.18. The summed E-state index contributed by atoms with van der Waals surface area (Å²) in [4.78, 5) is 5.28. The van der Waals surface area contributed by atoms with Crippen LogP contribution in [0.5, 0.6) is 0 Å². The molecule has 0 saturated carbocycles. The molecule has 2 aromatic rings. The molecule has 2 N–H and O–H groups in total. The van der Waals surface area contributed by atoms with Crippen LogP contribution in [-0.4, -0.2) is 4.98 Å². The summed E-state index contributed by atoms with van der Waals surface area (Å²) < 4.78 is 0. The summed E-state index contributed by atoms with van der Waals surface area (Å²) in [6.07, 6.45) is 2.80. The zero-order chi connectivity index (χ0) is 10.8. The van der Waals surface area contributed by atoms with E-state index in [0.29, 0.717) is 5.13 Å². The molecule has 0 aliphatic rings. The fourth-order valence-corrected chi connectivity index (χ4v) is 2.30. The van der Waals surface area contributed by atoms with Crippen molar-refractivity contribution in [3.05, 3.63) is 46.0 Å². The van der Waals surface area contributed by atoms with Gasteiger partial charge >= 0.3 is 0 Å². The molecule has 0 bridgehead atoms. The Morgan fingerprint density at radius 3 is 2.80 bits per heavy atom. The number of hydrogen-bond donors (Lipinski definition) is 1. The van der Waals surface area contributed by atoms with Gasteiger partial charge < -0.3 is 5.73 Å². The number of anilines is 1. The first-order valence-corrected chi connectivity index (χ1v) is 5.74. The number of benzene rings is 1. The molecule has 0 aliphatic heterocycles. The zero-order valence-corrected chi connectivity index (χ0v) is 9.77. The topological polar surface area (TPSA) is 38.9 Å². The maximum Gasteiger partial charge on any atom is 0.180 e. The van der Waals surface area contributed by atoms with Gasteiger partial charge in [-0.2, -0.15) is 0 Å². The Morgan fingerprint density at radius 1 is 1.33 bits per heavy atom. The van der Waals surface area contributed by atoms with Gasteiger partial charge in [-0.05, 0) is 30.5 Å². The third-order valence-corrected chi connectivity index (χ3v) is 3.48. The van der Waals surface area contributed by atoms with Gasteiger partial charge in [-0.1, -0.05) is 18.2 Å². The van der Waals surface area contributed by atoms with E-state index in [1.165, 1.54) is 21.6 Å². The van der Waals surface area contributed by atoms with Gasteiger partial charge in [-0.15, -0.1) is 11.3 Å². The van der Waals surface area contributed by atoms with Crippen LogP contribution in [0.15, 0.2) is 24.4 Å². The minimum atomic E-state index is 0.648. The summed E-state index contributed by atoms with van der Waals surface area (Å²) in [5, 5.41) is 0.648. The van der Waals surface area contributed by atoms with Crippen LogP contribution in [0, 0.1) is 13.8 Å². The Morgan fingerprint density at radius 2 is 2.13 bits per heavy atom. The standard InChI is InChI=1S/C12H14N2S/c1-8-4-3-5-10(9(8)2)6-11-7-14-12(13)15-11/h3-5,7H,6H2,1-2H3,(H2,13,14). The molecular weight excluding hydrogens is 204 g/mol. The fourth-order valence-electron chi connectivity index (χ4n) is 1.60. The molecule has 15 heavy (non-hydrogen) atoms. The Kier molecular flexibility index (Phi) is 2.73. The van der Waals surface area contributed by atoms with Crippen molar-refractivity contribution in [1.82, 2.24) is 4.98 Å². The van der Waals surface area contributed by atoms with E-state index in [4.69, 9.17) is 5.73 Å². The van der Waals surface area contributed by atoms with Crippen molar-refractivity contribution in [1.29, 1.82) is 0 Å². The molecule has 0 atom stereocenters. The van der Waals surface area contributed by atoms with Crippen LogP contribution in [0.3, 0.4) is 0 Å². The Bertz CT molecular complexity index is 474. The molecule has 0 fully saturated rings. The van der Waals surface area contributed by atoms with Gasteiger partial charge in [-0.3, -0.25) is 0 Å². The normalized spacial score (nSPS) is 10.5. The number of aryl methyl sites for hydroxylation is 1. The highest BCUT2D eigenvalue weighted by molar-refractivity contribution is 7.15. The fraction of sp³-hybridized carbons (Fsp3) is 0.250. The average Bonchev–Trinajstić information content (AvgIpc) is 2.59. The van der Waals surface area contributed by atoms with E-state index in [0.717, 1.165) is 6.42 Å². The Balaban J connectivity index is 2.28. The highest BCUT2D eigenvalue weighted by atomic mass is 32.1. The number of nitrogens with two attached hydrogens (primary N) is 1. The van der Waals surface area contributed by atoms with Gasteiger partial charge in [0, 0.05) is 17.5 Å². The first-order chi connectivity index (χ1) is 7.16. The monoisotopic (exact) mass is 218 g/mol. The minimum absolute atomic E-state index is 0.648. The Hall–Kier alpha value is -1.35. The molecule has 1 heterocycles. The van der Waals surface area contributed by atoms with Crippen molar-refractivity contribution in [2.24, 2.45) is 0 Å². The maximum atomic E-state index is 5.61. The lowest BCUT2D eigenvalue weighted by molar-refractivity contribution is 1.15. The van der Waals surface area contributed by atoms with Crippen LogP contribution in [0.25, 0.3) is 0 Å². The van der Waals surface area contributed by atoms with Gasteiger partial charge in [0.25, 0.3) is 0 Å². The summed E-state index contributed by atoms with van der Waals surface area (Å²) in [6, 6.07) is 6.40. The lowest BCUT2D eigenvalue weighted by atomic mass is 10.0. The molecule has 0 aliphatic carbocycles. The number of thiazole rings is 1. The lowest BCUT2D eigenvalue weighted by Crippen LogP contribution is -1.91. The average molecular weight is 218 g/mol. The predicted molar refractivity (Wildman–Crippen MR) is 65.2 cm³/mol. The molecule has 2 rings (SSSR count). The number of nitrogen functional groups attached to an aromatic ring is 1. The molecule has 1 aromatic carbocycles. The van der Waals surface area contributed by atoms with Gasteiger partial charge in [-0.25, -0.2) is 4.98 Å². The zero-order valence-electron chi connectivity index (χ0n) is 8.95. The van der Waals surface area contributed by atoms with E-state index in [2.05, 4.69) is 37.0 Å². The SMILES string of the molecule is Cc1cccc(Cc2cnc(N)s2)c1C. The van der Waals surface area contributed by atoms with Gasteiger partial charge in [0.1, 0.15) is 0 Å². The van der Waals surface area contributed by atoms with E-state index in [9.17, 15) is 0 Å². The minimum Gasteiger partial charge on any atom is -0.375 e. The molecule has 3 heteroatoms. The molecule has 2 nitrogen and oxygen atoms in total. The number of nitrogens with zero attached hydrogens (tertiary/aromatic N) is 1. The third-order valence-electron chi connectivity index (χ3n) is 2.65. The molecule has 1 aromatic heterocycles. The molecule has 0 unspecified atom stereocenters. The molecule has 0 spiro atoms. The van der Waals surface area contributed by atoms with Crippen LogP contribution in [0.4, 0.5) is 5.13 Å². The number of aromatic nitrogens is 1. The smallest absolute Gasteiger partial charge is 0.180 e. The number of rotatable bonds is 2. The van der Waals surface area contributed by atoms with E-state index < -0.39 is 0 Å². The van der Waals surface area contributed by atoms with Gasteiger partial charge in [0.15, 0.2) is 5.13 Å². The molecule has 0 amide bonds. The van der Waals surface area contributed by atoms with Crippen molar-refractivity contribution < 1.29 is 0 Å². The van der Waals surface area contributed by atoms with Gasteiger partial charge in [0.05, 0.1) is 0 Å². The van der Waals surface area contributed by atoms with Crippen molar-refractivity contribution >= 4 is 16.5 Å². The van der Waals surface area contributed by atoms with Crippen molar-refractivity contribution in [2.75, 3.05) is 5.73 Å². The van der Waals surface area contributed by atoms with Crippen molar-refractivity contribution in [2.45, 2.75) is 20.3 Å². The first kappa shape index (κ1) is 10.2. The van der Waals surface area contributed by atoms with Crippen LogP contribution in [-0.2, 0) is 6.42 Å².